The Kier molecular flexibility index (Phi) is 53.8. The van der Waals surface area contributed by atoms with Crippen LogP contribution in [0, 0.1) is 0 Å². The van der Waals surface area contributed by atoms with Crippen LogP contribution in [0.15, 0.2) is 72.9 Å². The standard InChI is InChI=1S/C62H108O6/c1-4-7-10-13-16-19-22-25-27-29-31-33-35-37-40-43-46-49-52-55-61(64)67-58-59(57-66-60(63)54-51-48-45-42-39-24-21-18-15-12-9-6-3)68-62(65)56-53-50-47-44-41-38-36-34-32-30-28-26-23-20-17-14-11-8-5-2/h7,9-10,12,16,18-19,21,25,27,30,32,59H,4-6,8,11,13-15,17,20,22-24,26,28-29,31,33-58H2,1-3H3/b10-7-,12-9-,19-16-,21-18-,27-25-,32-30-. The van der Waals surface area contributed by atoms with Crippen LogP contribution < -0.4 is 0 Å². The largest absolute Gasteiger partial charge is 0.462 e. The first-order valence-corrected chi connectivity index (χ1v) is 28.9. The topological polar surface area (TPSA) is 78.9 Å². The lowest BCUT2D eigenvalue weighted by Crippen LogP contribution is -2.30. The molecule has 0 aliphatic heterocycles. The third kappa shape index (κ3) is 53.8. The van der Waals surface area contributed by atoms with Crippen LogP contribution in [0.3, 0.4) is 0 Å². The zero-order chi connectivity index (χ0) is 49.3. The van der Waals surface area contributed by atoms with Crippen molar-refractivity contribution in [3.63, 3.8) is 0 Å². The average molecular weight is 950 g/mol. The quantitative estimate of drug-likeness (QED) is 0.0262. The Morgan fingerprint density at radius 1 is 0.309 bits per heavy atom. The molecule has 392 valence electrons. The lowest BCUT2D eigenvalue weighted by atomic mass is 10.1. The molecule has 0 fully saturated rings. The number of ether oxygens (including phenoxy) is 3. The van der Waals surface area contributed by atoms with Gasteiger partial charge in [-0.05, 0) is 103 Å². The summed E-state index contributed by atoms with van der Waals surface area (Å²) in [6.07, 6.45) is 71.8. The van der Waals surface area contributed by atoms with Crippen molar-refractivity contribution in [3.8, 4) is 0 Å². The Balaban J connectivity index is 4.35. The number of rotatable bonds is 52. The molecule has 0 radical (unpaired) electrons. The number of esters is 3. The monoisotopic (exact) mass is 949 g/mol. The van der Waals surface area contributed by atoms with Crippen molar-refractivity contribution >= 4 is 17.9 Å². The van der Waals surface area contributed by atoms with Gasteiger partial charge in [-0.2, -0.15) is 0 Å². The zero-order valence-electron chi connectivity index (χ0n) is 44.9. The lowest BCUT2D eigenvalue weighted by molar-refractivity contribution is -0.167. The minimum atomic E-state index is -0.786. The highest BCUT2D eigenvalue weighted by Gasteiger charge is 2.19. The molecule has 0 aliphatic carbocycles. The van der Waals surface area contributed by atoms with E-state index in [0.717, 1.165) is 109 Å². The van der Waals surface area contributed by atoms with Gasteiger partial charge in [-0.3, -0.25) is 14.4 Å². The molecular weight excluding hydrogens is 841 g/mol. The first-order chi connectivity index (χ1) is 33.5. The number of hydrogen-bond donors (Lipinski definition) is 0. The van der Waals surface area contributed by atoms with Crippen LogP contribution in [-0.4, -0.2) is 37.2 Å². The van der Waals surface area contributed by atoms with E-state index in [4.69, 9.17) is 14.2 Å². The summed E-state index contributed by atoms with van der Waals surface area (Å²) >= 11 is 0. The van der Waals surface area contributed by atoms with Gasteiger partial charge >= 0.3 is 17.9 Å². The Morgan fingerprint density at radius 3 is 0.912 bits per heavy atom. The summed E-state index contributed by atoms with van der Waals surface area (Å²) in [7, 11) is 0. The molecule has 0 bridgehead atoms. The first-order valence-electron chi connectivity index (χ1n) is 28.9. The minimum Gasteiger partial charge on any atom is -0.462 e. The normalized spacial score (nSPS) is 12.6. The van der Waals surface area contributed by atoms with Crippen LogP contribution in [-0.2, 0) is 28.6 Å². The molecule has 0 aromatic rings. The molecule has 1 atom stereocenters. The molecule has 68 heavy (non-hydrogen) atoms. The van der Waals surface area contributed by atoms with Crippen LogP contribution in [0.5, 0.6) is 0 Å². The van der Waals surface area contributed by atoms with Gasteiger partial charge < -0.3 is 14.2 Å². The van der Waals surface area contributed by atoms with Crippen molar-refractivity contribution < 1.29 is 28.6 Å². The SMILES string of the molecule is CC/C=C\C/C=C\C/C=C\CCCCCCCCCCCC(=O)OCC(COC(=O)CCCCCCC/C=C\C/C=C\CC)OC(=O)CCCCCCCCC/C=C\CCCCCCCCCC. The van der Waals surface area contributed by atoms with Gasteiger partial charge in [0.25, 0.3) is 0 Å². The fourth-order valence-electron chi connectivity index (χ4n) is 8.14. The van der Waals surface area contributed by atoms with Crippen molar-refractivity contribution in [1.29, 1.82) is 0 Å². The molecule has 0 saturated carbocycles. The predicted octanol–water partition coefficient (Wildman–Crippen LogP) is 19.4. The molecule has 6 heteroatoms. The van der Waals surface area contributed by atoms with Crippen LogP contribution in [0.4, 0.5) is 0 Å². The van der Waals surface area contributed by atoms with E-state index in [9.17, 15) is 14.4 Å². The van der Waals surface area contributed by atoms with Crippen LogP contribution >= 0.6 is 0 Å². The molecule has 1 unspecified atom stereocenters. The Labute approximate surface area is 421 Å². The second kappa shape index (κ2) is 56.4. The van der Waals surface area contributed by atoms with Crippen LogP contribution in [0.1, 0.15) is 284 Å². The summed E-state index contributed by atoms with van der Waals surface area (Å²) in [4.78, 5) is 38.1. The van der Waals surface area contributed by atoms with Crippen molar-refractivity contribution in [2.45, 2.75) is 290 Å². The molecule has 0 saturated heterocycles. The number of hydrogen-bond acceptors (Lipinski definition) is 6. The van der Waals surface area contributed by atoms with Gasteiger partial charge in [-0.1, -0.05) is 235 Å². The van der Waals surface area contributed by atoms with Crippen molar-refractivity contribution in [3.05, 3.63) is 72.9 Å². The highest BCUT2D eigenvalue weighted by Crippen LogP contribution is 2.15. The summed E-state index contributed by atoms with van der Waals surface area (Å²) in [6.45, 7) is 6.42. The molecule has 0 aliphatic rings. The van der Waals surface area contributed by atoms with E-state index in [-0.39, 0.29) is 31.1 Å². The van der Waals surface area contributed by atoms with E-state index < -0.39 is 6.10 Å². The summed E-state index contributed by atoms with van der Waals surface area (Å²) in [5.74, 6) is -0.900. The number of carbonyl (C=O) groups excluding carboxylic acids is 3. The van der Waals surface area contributed by atoms with Crippen LogP contribution in [0.2, 0.25) is 0 Å². The van der Waals surface area contributed by atoms with Crippen molar-refractivity contribution in [2.24, 2.45) is 0 Å². The van der Waals surface area contributed by atoms with Gasteiger partial charge in [-0.25, -0.2) is 0 Å². The molecule has 0 aromatic heterocycles. The van der Waals surface area contributed by atoms with Gasteiger partial charge in [0, 0.05) is 19.3 Å². The minimum absolute atomic E-state index is 0.0840. The number of allylic oxidation sites excluding steroid dienone is 12. The second-order valence-electron chi connectivity index (χ2n) is 19.1. The van der Waals surface area contributed by atoms with E-state index >= 15 is 0 Å². The van der Waals surface area contributed by atoms with Crippen molar-refractivity contribution in [1.82, 2.24) is 0 Å². The first kappa shape index (κ1) is 64.8. The Hall–Kier alpha value is -3.15. The molecule has 0 spiro atoms. The fourth-order valence-corrected chi connectivity index (χ4v) is 8.14. The Morgan fingerprint density at radius 2 is 0.574 bits per heavy atom. The number of carbonyl (C=O) groups is 3. The predicted molar refractivity (Wildman–Crippen MR) is 293 cm³/mol. The third-order valence-electron chi connectivity index (χ3n) is 12.4. The lowest BCUT2D eigenvalue weighted by Gasteiger charge is -2.18. The highest BCUT2D eigenvalue weighted by molar-refractivity contribution is 5.71. The molecule has 0 heterocycles. The van der Waals surface area contributed by atoms with E-state index in [1.165, 1.54) is 135 Å². The van der Waals surface area contributed by atoms with E-state index in [0.29, 0.717) is 19.3 Å². The number of unbranched alkanes of at least 4 members (excludes halogenated alkanes) is 29. The smallest absolute Gasteiger partial charge is 0.306 e. The molecule has 0 aromatic carbocycles. The maximum atomic E-state index is 12.9. The van der Waals surface area contributed by atoms with Gasteiger partial charge in [0.2, 0.25) is 0 Å². The zero-order valence-corrected chi connectivity index (χ0v) is 44.9. The summed E-state index contributed by atoms with van der Waals surface area (Å²) in [5, 5.41) is 0. The molecule has 0 N–H and O–H groups in total. The molecular formula is C62H108O6. The average Bonchev–Trinajstić information content (AvgIpc) is 3.34. The third-order valence-corrected chi connectivity index (χ3v) is 12.4. The van der Waals surface area contributed by atoms with E-state index in [1.807, 2.05) is 0 Å². The molecule has 0 amide bonds. The molecule has 0 rings (SSSR count). The van der Waals surface area contributed by atoms with Crippen molar-refractivity contribution in [2.75, 3.05) is 13.2 Å². The Bertz CT molecular complexity index is 1270. The van der Waals surface area contributed by atoms with Gasteiger partial charge in [-0.15, -0.1) is 0 Å². The van der Waals surface area contributed by atoms with Crippen LogP contribution in [0.25, 0.3) is 0 Å². The summed E-state index contributed by atoms with van der Waals surface area (Å²) < 4.78 is 16.9. The fraction of sp³-hybridized carbons (Fsp3) is 0.758. The van der Waals surface area contributed by atoms with E-state index in [1.54, 1.807) is 0 Å². The van der Waals surface area contributed by atoms with Gasteiger partial charge in [0.15, 0.2) is 6.10 Å². The van der Waals surface area contributed by atoms with Gasteiger partial charge in [0.1, 0.15) is 13.2 Å². The van der Waals surface area contributed by atoms with Gasteiger partial charge in [0.05, 0.1) is 0 Å². The summed E-state index contributed by atoms with van der Waals surface area (Å²) in [6, 6.07) is 0. The second-order valence-corrected chi connectivity index (χ2v) is 19.1. The molecule has 6 nitrogen and oxygen atoms in total. The maximum absolute atomic E-state index is 12.9. The van der Waals surface area contributed by atoms with E-state index in [2.05, 4.69) is 93.7 Å². The summed E-state index contributed by atoms with van der Waals surface area (Å²) in [5.41, 5.74) is 0. The highest BCUT2D eigenvalue weighted by atomic mass is 16.6. The maximum Gasteiger partial charge on any atom is 0.306 e.